The molecule has 0 aliphatic carbocycles. The molecular weight excluding hydrogens is 311 g/mol. The van der Waals surface area contributed by atoms with E-state index in [-0.39, 0.29) is 17.8 Å². The highest BCUT2D eigenvalue weighted by molar-refractivity contribution is 9.10. The highest BCUT2D eigenvalue weighted by atomic mass is 79.9. The van der Waals surface area contributed by atoms with E-state index >= 15 is 0 Å². The van der Waals surface area contributed by atoms with E-state index in [2.05, 4.69) is 27.9 Å². The lowest BCUT2D eigenvalue weighted by molar-refractivity contribution is 0.0658. The standard InChI is InChI=1S/C14H18BrFN2O/c1-17-7-5-11(6-8-17)18(2)14(19)12-9-10(16)3-4-13(12)15/h3-4,9,11H,5-8H2,1-2H3. The van der Waals surface area contributed by atoms with Crippen molar-refractivity contribution in [2.75, 3.05) is 27.2 Å². The molecule has 1 aromatic rings. The number of rotatable bonds is 2. The van der Waals surface area contributed by atoms with Gasteiger partial charge < -0.3 is 9.80 Å². The van der Waals surface area contributed by atoms with Crippen LogP contribution in [0.15, 0.2) is 22.7 Å². The third-order valence-corrected chi connectivity index (χ3v) is 4.41. The molecule has 0 aromatic heterocycles. The molecule has 1 saturated heterocycles. The van der Waals surface area contributed by atoms with E-state index < -0.39 is 0 Å². The molecule has 1 amide bonds. The normalized spacial score (nSPS) is 17.5. The average Bonchev–Trinajstić information content (AvgIpc) is 2.41. The van der Waals surface area contributed by atoms with Gasteiger partial charge in [-0.3, -0.25) is 4.79 Å². The van der Waals surface area contributed by atoms with Gasteiger partial charge in [0.2, 0.25) is 0 Å². The van der Waals surface area contributed by atoms with Crippen LogP contribution >= 0.6 is 15.9 Å². The minimum Gasteiger partial charge on any atom is -0.339 e. The predicted octanol–water partition coefficient (Wildman–Crippen LogP) is 2.75. The van der Waals surface area contributed by atoms with Crippen molar-refractivity contribution in [3.63, 3.8) is 0 Å². The van der Waals surface area contributed by atoms with Crippen LogP contribution in [0.2, 0.25) is 0 Å². The maximum Gasteiger partial charge on any atom is 0.255 e. The van der Waals surface area contributed by atoms with Gasteiger partial charge in [0.1, 0.15) is 5.82 Å². The second kappa shape index (κ2) is 6.01. The third kappa shape index (κ3) is 3.34. The van der Waals surface area contributed by atoms with E-state index in [1.165, 1.54) is 12.1 Å². The highest BCUT2D eigenvalue weighted by Gasteiger charge is 2.25. The van der Waals surface area contributed by atoms with Gasteiger partial charge in [-0.2, -0.15) is 0 Å². The Morgan fingerprint density at radius 1 is 1.42 bits per heavy atom. The first-order valence-electron chi connectivity index (χ1n) is 6.40. The summed E-state index contributed by atoms with van der Waals surface area (Å²) < 4.78 is 13.9. The lowest BCUT2D eigenvalue weighted by atomic mass is 10.0. The molecule has 1 heterocycles. The van der Waals surface area contributed by atoms with Crippen LogP contribution in [0.3, 0.4) is 0 Å². The van der Waals surface area contributed by atoms with Crippen molar-refractivity contribution in [3.05, 3.63) is 34.1 Å². The minimum atomic E-state index is -0.386. The fourth-order valence-corrected chi connectivity index (χ4v) is 2.82. The van der Waals surface area contributed by atoms with Gasteiger partial charge in [0, 0.05) is 17.6 Å². The number of carbonyl (C=O) groups is 1. The molecule has 0 atom stereocenters. The molecular formula is C14H18BrFN2O. The molecule has 1 aliphatic rings. The van der Waals surface area contributed by atoms with E-state index in [0.717, 1.165) is 25.9 Å². The number of piperidine rings is 1. The molecule has 104 valence electrons. The summed E-state index contributed by atoms with van der Waals surface area (Å²) in [6.07, 6.45) is 1.93. The van der Waals surface area contributed by atoms with Crippen LogP contribution in [0.25, 0.3) is 0 Å². The minimum absolute atomic E-state index is 0.124. The number of nitrogens with zero attached hydrogens (tertiary/aromatic N) is 2. The van der Waals surface area contributed by atoms with Crippen molar-refractivity contribution in [1.82, 2.24) is 9.80 Å². The van der Waals surface area contributed by atoms with Gasteiger partial charge in [0.25, 0.3) is 5.91 Å². The fraction of sp³-hybridized carbons (Fsp3) is 0.500. The number of halogens is 2. The highest BCUT2D eigenvalue weighted by Crippen LogP contribution is 2.22. The Kier molecular flexibility index (Phi) is 4.58. The lowest BCUT2D eigenvalue weighted by Crippen LogP contribution is -2.44. The SMILES string of the molecule is CN1CCC(N(C)C(=O)c2cc(F)ccc2Br)CC1. The van der Waals surface area contributed by atoms with Gasteiger partial charge in [0.15, 0.2) is 0 Å². The van der Waals surface area contributed by atoms with Gasteiger partial charge in [-0.15, -0.1) is 0 Å². The van der Waals surface area contributed by atoms with Crippen LogP contribution < -0.4 is 0 Å². The third-order valence-electron chi connectivity index (χ3n) is 3.71. The molecule has 0 saturated carbocycles. The van der Waals surface area contributed by atoms with Crippen molar-refractivity contribution in [1.29, 1.82) is 0 Å². The van der Waals surface area contributed by atoms with E-state index in [9.17, 15) is 9.18 Å². The molecule has 19 heavy (non-hydrogen) atoms. The Bertz CT molecular complexity index is 473. The number of carbonyl (C=O) groups excluding carboxylic acids is 1. The van der Waals surface area contributed by atoms with Crippen LogP contribution in [0.5, 0.6) is 0 Å². The first-order chi connectivity index (χ1) is 8.99. The fourth-order valence-electron chi connectivity index (χ4n) is 2.40. The summed E-state index contributed by atoms with van der Waals surface area (Å²) in [5.41, 5.74) is 0.390. The monoisotopic (exact) mass is 328 g/mol. The van der Waals surface area contributed by atoms with Crippen molar-refractivity contribution in [3.8, 4) is 0 Å². The van der Waals surface area contributed by atoms with Gasteiger partial charge in [-0.25, -0.2) is 4.39 Å². The molecule has 2 rings (SSSR count). The second-order valence-corrected chi connectivity index (χ2v) is 5.93. The molecule has 1 fully saturated rings. The van der Waals surface area contributed by atoms with Crippen molar-refractivity contribution < 1.29 is 9.18 Å². The molecule has 0 unspecified atom stereocenters. The Morgan fingerprint density at radius 3 is 2.68 bits per heavy atom. The van der Waals surface area contributed by atoms with E-state index in [1.54, 1.807) is 18.0 Å². The van der Waals surface area contributed by atoms with E-state index in [4.69, 9.17) is 0 Å². The molecule has 0 spiro atoms. The topological polar surface area (TPSA) is 23.6 Å². The molecule has 3 nitrogen and oxygen atoms in total. The van der Waals surface area contributed by atoms with Crippen LogP contribution in [0, 0.1) is 5.82 Å². The van der Waals surface area contributed by atoms with Crippen LogP contribution in [0.4, 0.5) is 4.39 Å². The number of amides is 1. The summed E-state index contributed by atoms with van der Waals surface area (Å²) in [4.78, 5) is 16.4. The van der Waals surface area contributed by atoms with E-state index in [1.807, 2.05) is 0 Å². The van der Waals surface area contributed by atoms with Crippen LogP contribution in [-0.2, 0) is 0 Å². The Labute approximate surface area is 121 Å². The van der Waals surface area contributed by atoms with E-state index in [0.29, 0.717) is 10.0 Å². The first kappa shape index (κ1) is 14.5. The predicted molar refractivity (Wildman–Crippen MR) is 76.7 cm³/mol. The number of hydrogen-bond donors (Lipinski definition) is 0. The molecule has 0 N–H and O–H groups in total. The second-order valence-electron chi connectivity index (χ2n) is 5.07. The summed E-state index contributed by atoms with van der Waals surface area (Å²) in [5.74, 6) is -0.510. The first-order valence-corrected chi connectivity index (χ1v) is 7.19. The zero-order chi connectivity index (χ0) is 14.0. The van der Waals surface area contributed by atoms with Gasteiger partial charge in [0.05, 0.1) is 5.56 Å². The number of likely N-dealkylation sites (tertiary alicyclic amines) is 1. The summed E-state index contributed by atoms with van der Waals surface area (Å²) in [7, 11) is 3.89. The summed E-state index contributed by atoms with van der Waals surface area (Å²) in [6.45, 7) is 1.99. The Balaban J connectivity index is 2.12. The molecule has 0 radical (unpaired) electrons. The molecule has 1 aliphatic heterocycles. The van der Waals surface area contributed by atoms with Gasteiger partial charge in [-0.05, 0) is 67.1 Å². The van der Waals surface area contributed by atoms with Crippen molar-refractivity contribution >= 4 is 21.8 Å². The molecule has 5 heteroatoms. The maximum absolute atomic E-state index is 13.3. The maximum atomic E-state index is 13.3. The Hall–Kier alpha value is -0.940. The Morgan fingerprint density at radius 2 is 2.05 bits per heavy atom. The summed E-state index contributed by atoms with van der Waals surface area (Å²) in [6, 6.07) is 4.44. The largest absolute Gasteiger partial charge is 0.339 e. The van der Waals surface area contributed by atoms with Crippen LogP contribution in [-0.4, -0.2) is 48.9 Å². The van der Waals surface area contributed by atoms with Gasteiger partial charge in [-0.1, -0.05) is 0 Å². The smallest absolute Gasteiger partial charge is 0.255 e. The molecule has 1 aromatic carbocycles. The average molecular weight is 329 g/mol. The number of hydrogen-bond acceptors (Lipinski definition) is 2. The van der Waals surface area contributed by atoms with Crippen molar-refractivity contribution in [2.45, 2.75) is 18.9 Å². The van der Waals surface area contributed by atoms with Crippen molar-refractivity contribution in [2.24, 2.45) is 0 Å². The van der Waals surface area contributed by atoms with Crippen LogP contribution in [0.1, 0.15) is 23.2 Å². The zero-order valence-electron chi connectivity index (χ0n) is 11.2. The molecule has 0 bridgehead atoms. The number of benzene rings is 1. The van der Waals surface area contributed by atoms with Gasteiger partial charge >= 0.3 is 0 Å². The quantitative estimate of drug-likeness (QED) is 0.833. The summed E-state index contributed by atoms with van der Waals surface area (Å²) in [5, 5.41) is 0. The lowest BCUT2D eigenvalue weighted by Gasteiger charge is -2.35. The zero-order valence-corrected chi connectivity index (χ0v) is 12.8. The summed E-state index contributed by atoms with van der Waals surface area (Å²) >= 11 is 3.31.